The van der Waals surface area contributed by atoms with Gasteiger partial charge in [-0.2, -0.15) is 0 Å². The van der Waals surface area contributed by atoms with Crippen molar-refractivity contribution in [3.8, 4) is 17.2 Å². The van der Waals surface area contributed by atoms with Crippen LogP contribution in [0.5, 0.6) is 5.75 Å². The van der Waals surface area contributed by atoms with Crippen LogP contribution in [0.25, 0.3) is 11.5 Å². The summed E-state index contributed by atoms with van der Waals surface area (Å²) in [7, 11) is 1.56. The van der Waals surface area contributed by atoms with Crippen LogP contribution in [0, 0.1) is 0 Å². The Hall–Kier alpha value is -2.02. The van der Waals surface area contributed by atoms with Gasteiger partial charge in [0.05, 0.1) is 12.7 Å². The van der Waals surface area contributed by atoms with E-state index >= 15 is 0 Å². The zero-order valence-corrected chi connectivity index (χ0v) is 11.0. The number of aromatic nitrogens is 2. The first-order valence-corrected chi connectivity index (χ1v) is 6.49. The van der Waals surface area contributed by atoms with Gasteiger partial charge in [0, 0.05) is 11.7 Å². The van der Waals surface area contributed by atoms with Gasteiger partial charge in [0.2, 0.25) is 0 Å². The number of carbonyl (C=O) groups is 1. The van der Waals surface area contributed by atoms with E-state index in [9.17, 15) is 9.90 Å². The van der Waals surface area contributed by atoms with E-state index in [1.54, 1.807) is 13.2 Å². The van der Waals surface area contributed by atoms with Crippen LogP contribution in [0.3, 0.4) is 0 Å². The van der Waals surface area contributed by atoms with Crippen molar-refractivity contribution in [2.45, 2.75) is 11.6 Å². The highest BCUT2D eigenvalue weighted by Gasteiger charge is 2.12. The Labute approximate surface area is 113 Å². The number of methoxy groups -OCH3 is 1. The van der Waals surface area contributed by atoms with Crippen LogP contribution in [0.2, 0.25) is 0 Å². The number of benzene rings is 1. The summed E-state index contributed by atoms with van der Waals surface area (Å²) in [6.07, 6.45) is -0.0585. The van der Waals surface area contributed by atoms with E-state index in [2.05, 4.69) is 10.2 Å². The monoisotopic (exact) mass is 279 g/mol. The van der Waals surface area contributed by atoms with Gasteiger partial charge in [0.25, 0.3) is 11.1 Å². The number of carbonyl (C=O) groups excluding carboxylic acids is 1. The lowest BCUT2D eigenvalue weighted by molar-refractivity contribution is -0.305. The number of aliphatic carboxylic acids is 1. The lowest BCUT2D eigenvalue weighted by Crippen LogP contribution is -2.22. The van der Waals surface area contributed by atoms with Crippen LogP contribution < -0.4 is 9.84 Å². The molecule has 6 nitrogen and oxygen atoms in total. The number of ether oxygens (including phenoxy) is 1. The third kappa shape index (κ3) is 3.47. The van der Waals surface area contributed by atoms with Gasteiger partial charge in [-0.25, -0.2) is 0 Å². The first-order valence-electron chi connectivity index (χ1n) is 5.50. The van der Waals surface area contributed by atoms with Crippen molar-refractivity contribution in [1.29, 1.82) is 0 Å². The Balaban J connectivity index is 2.10. The quantitative estimate of drug-likeness (QED) is 0.728. The second kappa shape index (κ2) is 6.24. The van der Waals surface area contributed by atoms with Crippen molar-refractivity contribution in [3.05, 3.63) is 24.3 Å². The van der Waals surface area contributed by atoms with E-state index < -0.39 is 5.97 Å². The van der Waals surface area contributed by atoms with E-state index in [1.807, 2.05) is 18.2 Å². The van der Waals surface area contributed by atoms with Crippen molar-refractivity contribution in [3.63, 3.8) is 0 Å². The minimum absolute atomic E-state index is 0.0585. The molecule has 2 rings (SSSR count). The number of para-hydroxylation sites is 1. The summed E-state index contributed by atoms with van der Waals surface area (Å²) in [4.78, 5) is 10.3. The topological polar surface area (TPSA) is 88.3 Å². The lowest BCUT2D eigenvalue weighted by atomic mass is 10.2. The summed E-state index contributed by atoms with van der Waals surface area (Å²) in [5.41, 5.74) is 0.698. The molecule has 0 unspecified atom stereocenters. The molecule has 1 aromatic carbocycles. The maximum absolute atomic E-state index is 10.3. The molecule has 0 saturated heterocycles. The van der Waals surface area contributed by atoms with E-state index in [0.717, 1.165) is 0 Å². The van der Waals surface area contributed by atoms with Gasteiger partial charge in [0.1, 0.15) is 5.75 Å². The van der Waals surface area contributed by atoms with Crippen LogP contribution in [0.15, 0.2) is 33.9 Å². The van der Waals surface area contributed by atoms with Gasteiger partial charge < -0.3 is 19.1 Å². The Bertz CT molecular complexity index is 570. The Morgan fingerprint density at radius 2 is 2.21 bits per heavy atom. The van der Waals surface area contributed by atoms with Gasteiger partial charge in [-0.3, -0.25) is 0 Å². The average molecular weight is 279 g/mol. The number of rotatable bonds is 6. The molecule has 0 aliphatic heterocycles. The predicted molar refractivity (Wildman–Crippen MR) is 66.6 cm³/mol. The molecule has 7 heteroatoms. The molecule has 0 bridgehead atoms. The highest BCUT2D eigenvalue weighted by Crippen LogP contribution is 2.30. The van der Waals surface area contributed by atoms with Crippen LogP contribution in [0.1, 0.15) is 6.42 Å². The second-order valence-corrected chi connectivity index (χ2v) is 4.59. The fraction of sp³-hybridized carbons (Fsp3) is 0.250. The lowest BCUT2D eigenvalue weighted by Gasteiger charge is -2.03. The van der Waals surface area contributed by atoms with Crippen LogP contribution in [-0.4, -0.2) is 29.0 Å². The summed E-state index contributed by atoms with van der Waals surface area (Å²) < 4.78 is 10.6. The van der Waals surface area contributed by atoms with Gasteiger partial charge in [0.15, 0.2) is 0 Å². The number of carboxylic acids is 1. The van der Waals surface area contributed by atoms with Crippen LogP contribution in [0.4, 0.5) is 0 Å². The van der Waals surface area contributed by atoms with Crippen molar-refractivity contribution >= 4 is 17.7 Å². The summed E-state index contributed by atoms with van der Waals surface area (Å²) >= 11 is 1.18. The third-order valence-corrected chi connectivity index (χ3v) is 3.10. The minimum atomic E-state index is -1.10. The molecular formula is C12H11N2O4S-. The second-order valence-electron chi connectivity index (χ2n) is 3.54. The molecule has 0 radical (unpaired) electrons. The van der Waals surface area contributed by atoms with Gasteiger partial charge in [-0.1, -0.05) is 23.9 Å². The molecule has 100 valence electrons. The highest BCUT2D eigenvalue weighted by atomic mass is 32.2. The fourth-order valence-electron chi connectivity index (χ4n) is 1.42. The van der Waals surface area contributed by atoms with E-state index in [1.165, 1.54) is 11.8 Å². The molecule has 19 heavy (non-hydrogen) atoms. The van der Waals surface area contributed by atoms with E-state index in [-0.39, 0.29) is 6.42 Å². The largest absolute Gasteiger partial charge is 0.550 e. The van der Waals surface area contributed by atoms with E-state index in [4.69, 9.17) is 9.15 Å². The number of nitrogens with zero attached hydrogens (tertiary/aromatic N) is 2. The molecule has 0 aliphatic rings. The maximum atomic E-state index is 10.3. The first-order chi connectivity index (χ1) is 9.20. The SMILES string of the molecule is COc1ccccc1-c1nnc(SCCC(=O)[O-])o1. The standard InChI is InChI=1S/C12H12N2O4S/c1-17-9-5-3-2-4-8(9)11-13-14-12(18-11)19-7-6-10(15)16/h2-5H,6-7H2,1H3,(H,15,16)/p-1. The Kier molecular flexibility index (Phi) is 4.40. The molecule has 1 heterocycles. The fourth-order valence-corrected chi connectivity index (χ4v) is 2.10. The molecule has 1 aromatic heterocycles. The molecule has 0 fully saturated rings. The summed E-state index contributed by atoms with van der Waals surface area (Å²) in [6.45, 7) is 0. The third-order valence-electron chi connectivity index (χ3n) is 2.28. The normalized spacial score (nSPS) is 10.4. The summed E-state index contributed by atoms with van der Waals surface area (Å²) in [5, 5.41) is 18.4. The number of thioether (sulfide) groups is 1. The highest BCUT2D eigenvalue weighted by molar-refractivity contribution is 7.99. The number of hydrogen-bond acceptors (Lipinski definition) is 7. The van der Waals surface area contributed by atoms with Crippen LogP contribution in [-0.2, 0) is 4.79 Å². The van der Waals surface area contributed by atoms with Crippen molar-refractivity contribution in [1.82, 2.24) is 10.2 Å². The number of carboxylic acid groups (broad SMARTS) is 1. The minimum Gasteiger partial charge on any atom is -0.550 e. The summed E-state index contributed by atoms with van der Waals surface area (Å²) in [6, 6.07) is 7.28. The molecule has 2 aromatic rings. The zero-order chi connectivity index (χ0) is 13.7. The predicted octanol–water partition coefficient (Wildman–Crippen LogP) is 0.977. The Morgan fingerprint density at radius 3 is 2.95 bits per heavy atom. The molecule has 0 N–H and O–H groups in total. The molecule has 0 amide bonds. The molecule has 0 spiro atoms. The zero-order valence-electron chi connectivity index (χ0n) is 10.2. The van der Waals surface area contributed by atoms with Gasteiger partial charge in [-0.15, -0.1) is 10.2 Å². The van der Waals surface area contributed by atoms with E-state index in [0.29, 0.717) is 28.2 Å². The van der Waals surface area contributed by atoms with Crippen LogP contribution >= 0.6 is 11.8 Å². The maximum Gasteiger partial charge on any atom is 0.276 e. The van der Waals surface area contributed by atoms with Crippen molar-refractivity contribution in [2.24, 2.45) is 0 Å². The molecule has 0 aliphatic carbocycles. The molecular weight excluding hydrogens is 268 g/mol. The van der Waals surface area contributed by atoms with Crippen molar-refractivity contribution < 1.29 is 19.1 Å². The number of hydrogen-bond donors (Lipinski definition) is 0. The molecule has 0 atom stereocenters. The smallest absolute Gasteiger partial charge is 0.276 e. The first kappa shape index (κ1) is 13.4. The Morgan fingerprint density at radius 1 is 1.42 bits per heavy atom. The van der Waals surface area contributed by atoms with Gasteiger partial charge in [-0.05, 0) is 18.6 Å². The van der Waals surface area contributed by atoms with Crippen molar-refractivity contribution in [2.75, 3.05) is 12.9 Å². The summed E-state index contributed by atoms with van der Waals surface area (Å²) in [5.74, 6) is 0.207. The molecule has 0 saturated carbocycles. The van der Waals surface area contributed by atoms with Gasteiger partial charge >= 0.3 is 0 Å². The average Bonchev–Trinajstić information content (AvgIpc) is 2.87.